The van der Waals surface area contributed by atoms with E-state index in [0.717, 1.165) is 39.1 Å². The number of anilines is 1. The van der Waals surface area contributed by atoms with Crippen molar-refractivity contribution in [2.75, 3.05) is 10.6 Å². The molecule has 0 spiro atoms. The first kappa shape index (κ1) is 62.6. The average molecular weight is 1110 g/mol. The zero-order chi connectivity index (χ0) is 55.7. The number of hydrogen-bond acceptors (Lipinski definition) is 12. The van der Waals surface area contributed by atoms with Crippen LogP contribution in [0.15, 0.2) is 115 Å². The lowest BCUT2D eigenvalue weighted by Crippen LogP contribution is -2.32. The predicted octanol–water partition coefficient (Wildman–Crippen LogP) is 6.26. The first-order valence-electron chi connectivity index (χ1n) is 22.7. The summed E-state index contributed by atoms with van der Waals surface area (Å²) >= 11 is 3.31. The van der Waals surface area contributed by atoms with Gasteiger partial charge in [0.25, 0.3) is 11.1 Å². The van der Waals surface area contributed by atoms with Crippen molar-refractivity contribution in [1.82, 2.24) is 53.4 Å². The van der Waals surface area contributed by atoms with Crippen molar-refractivity contribution in [2.24, 2.45) is 29.4 Å². The third-order valence-corrected chi connectivity index (χ3v) is 10.1. The van der Waals surface area contributed by atoms with Crippen molar-refractivity contribution in [1.29, 1.82) is 0 Å². The van der Waals surface area contributed by atoms with Crippen molar-refractivity contribution in [3.05, 3.63) is 195 Å². The van der Waals surface area contributed by atoms with E-state index in [0.29, 0.717) is 37.0 Å². The summed E-state index contributed by atoms with van der Waals surface area (Å²) in [4.78, 5) is 82.0. The molecule has 6 N–H and O–H groups in total. The monoisotopic (exact) mass is 1110 g/mol. The Morgan fingerprint density at radius 1 is 0.608 bits per heavy atom. The minimum absolute atomic E-state index is 0.0597. The molecule has 0 aliphatic rings. The summed E-state index contributed by atoms with van der Waals surface area (Å²) in [5, 5.41) is 7.50. The number of nitrogens with zero attached hydrogens (tertiary/aromatic N) is 8. The van der Waals surface area contributed by atoms with Crippen LogP contribution in [0, 0.1) is 58.6 Å². The third kappa shape index (κ3) is 22.5. The largest absolute Gasteiger partial charge is 0.363 e. The maximum Gasteiger partial charge on any atom is 0.349 e. The molecule has 0 saturated heterocycles. The number of nitrogens with two attached hydrogens (primary N) is 1. The van der Waals surface area contributed by atoms with E-state index < -0.39 is 63.0 Å². The zero-order valence-electron chi connectivity index (χ0n) is 41.9. The second kappa shape index (κ2) is 31.9. The van der Waals surface area contributed by atoms with Crippen LogP contribution in [-0.2, 0) is 32.7 Å². The van der Waals surface area contributed by atoms with E-state index in [2.05, 4.69) is 55.1 Å². The van der Waals surface area contributed by atoms with Gasteiger partial charge in [0.05, 0.1) is 6.20 Å². The number of aromatic amines is 3. The van der Waals surface area contributed by atoms with Crippen LogP contribution < -0.4 is 44.9 Å². The highest BCUT2D eigenvalue weighted by molar-refractivity contribution is 9.09. The van der Waals surface area contributed by atoms with Crippen molar-refractivity contribution in [3.63, 3.8) is 0 Å². The summed E-state index contributed by atoms with van der Waals surface area (Å²) in [5.74, 6) is -2.59. The molecule has 19 nitrogen and oxygen atoms in total. The molecule has 0 amide bonds. The van der Waals surface area contributed by atoms with Crippen LogP contribution >= 0.6 is 15.9 Å². The lowest BCUT2D eigenvalue weighted by Gasteiger charge is -2.11. The molecule has 0 atom stereocenters. The molecule has 26 heteroatoms. The van der Waals surface area contributed by atoms with Crippen LogP contribution in [0.3, 0.4) is 0 Å². The van der Waals surface area contributed by atoms with Gasteiger partial charge in [0.15, 0.2) is 23.3 Å². The number of halogens is 7. The Balaban J connectivity index is 0.000000320. The van der Waals surface area contributed by atoms with Gasteiger partial charge >= 0.3 is 22.8 Å². The Bertz CT molecular complexity index is 3170. The second-order valence-electron chi connectivity index (χ2n) is 17.3. The summed E-state index contributed by atoms with van der Waals surface area (Å²) in [7, 11) is 0. The number of rotatable bonds is 12. The van der Waals surface area contributed by atoms with E-state index in [1.165, 1.54) is 33.9 Å². The molecular weight excluding hydrogens is 1050 g/mol. The van der Waals surface area contributed by atoms with Crippen LogP contribution in [-0.4, -0.2) is 58.7 Å². The van der Waals surface area contributed by atoms with Crippen molar-refractivity contribution in [2.45, 2.75) is 88.1 Å². The van der Waals surface area contributed by atoms with Gasteiger partial charge in [-0.05, 0) is 35.8 Å². The first-order chi connectivity index (χ1) is 34.9. The minimum atomic E-state index is -1.00. The lowest BCUT2D eigenvalue weighted by molar-refractivity contribution is 0.479. The molecule has 0 radical (unpaired) electrons. The van der Waals surface area contributed by atoms with Crippen LogP contribution in [0.1, 0.15) is 66.5 Å². The average Bonchev–Trinajstić information content (AvgIpc) is 3.88. The van der Waals surface area contributed by atoms with Crippen LogP contribution in [0.4, 0.5) is 32.2 Å². The van der Waals surface area contributed by atoms with Crippen molar-refractivity contribution in [3.8, 4) is 5.82 Å². The molecule has 0 fully saturated rings. The minimum Gasteiger partial charge on any atom is -0.363 e. The van der Waals surface area contributed by atoms with Gasteiger partial charge in [0.2, 0.25) is 11.6 Å². The quantitative estimate of drug-likeness (QED) is 0.0671. The Morgan fingerprint density at radius 2 is 1.09 bits per heavy atom. The zero-order valence-corrected chi connectivity index (χ0v) is 43.5. The Labute approximate surface area is 428 Å². The van der Waals surface area contributed by atoms with Crippen molar-refractivity contribution < 1.29 is 26.3 Å². The van der Waals surface area contributed by atoms with E-state index in [4.69, 9.17) is 5.73 Å². The molecule has 2 aromatic carbocycles. The number of H-pyrrole nitrogens is 3. The normalized spacial score (nSPS) is 10.5. The maximum absolute atomic E-state index is 13.9. The van der Waals surface area contributed by atoms with Gasteiger partial charge in [0.1, 0.15) is 24.3 Å². The van der Waals surface area contributed by atoms with Gasteiger partial charge in [0, 0.05) is 67.8 Å². The van der Waals surface area contributed by atoms with E-state index >= 15 is 0 Å². The highest BCUT2D eigenvalue weighted by atomic mass is 79.9. The van der Waals surface area contributed by atoms with E-state index in [1.807, 2.05) is 51.5 Å². The maximum atomic E-state index is 13.9. The smallest absolute Gasteiger partial charge is 0.349 e. The molecule has 7 rings (SSSR count). The molecule has 0 aliphatic carbocycles. The van der Waals surface area contributed by atoms with Crippen LogP contribution in [0.25, 0.3) is 5.82 Å². The standard InChI is InChI=1S/C15H17F2N3O.C10H12FN5O.C8H11FN2O2.C7H8FN.C4H9Br.C4H3FN2O2/c1-10(2)8-20-9-13(17)14(19-15(20)21)18-7-11-5-3-4-6-12(11)16;1-7(2)3-15-4-8(11)9(14-10(15)17)16-6-12-5-13-16;1-5(2)3-11-4-6(9)7(12)10-8(11)13;8-7-4-2-1-3-6(7)5-9;1-4(2)3-5;5-2-1-6-4(9)7-3(2)8/h3-6,9-10H,7-8H2,1-2H3,(H,18,19,21);4-7H,3H2,1-2H3;4-5H,3H2,1-2H3,(H,10,12,13);1-4H,5,9H2;4H,3H2,1-2H3;1H,(H2,6,7,8,9). The summed E-state index contributed by atoms with van der Waals surface area (Å²) in [5.41, 5.74) is 1.89. The molecule has 0 saturated carbocycles. The molecule has 7 aromatic rings. The number of alkyl halides is 1. The van der Waals surface area contributed by atoms with Crippen LogP contribution in [0.5, 0.6) is 0 Å². The Hall–Kier alpha value is -7.48. The van der Waals surface area contributed by atoms with Gasteiger partial charge < -0.3 is 16.0 Å². The summed E-state index contributed by atoms with van der Waals surface area (Å²) in [6.45, 7) is 17.4. The number of nitrogens with one attached hydrogen (secondary N) is 4. The molecule has 74 heavy (non-hydrogen) atoms. The van der Waals surface area contributed by atoms with E-state index in [9.17, 15) is 55.1 Å². The Kier molecular flexibility index (Phi) is 27.0. The van der Waals surface area contributed by atoms with Crippen molar-refractivity contribution >= 4 is 21.7 Å². The molecule has 5 aromatic heterocycles. The fraction of sp³-hybridized carbons (Fsp3) is 0.375. The fourth-order valence-corrected chi connectivity index (χ4v) is 5.46. The van der Waals surface area contributed by atoms with Crippen LogP contribution in [0.2, 0.25) is 0 Å². The van der Waals surface area contributed by atoms with E-state index in [1.54, 1.807) is 41.4 Å². The molecule has 0 unspecified atom stereocenters. The predicted molar refractivity (Wildman–Crippen MR) is 272 cm³/mol. The molecule has 5 heterocycles. The second-order valence-corrected chi connectivity index (χ2v) is 18.0. The van der Waals surface area contributed by atoms with E-state index in [-0.39, 0.29) is 48.3 Å². The summed E-state index contributed by atoms with van der Waals surface area (Å²) < 4.78 is 83.1. The molecule has 0 bridgehead atoms. The lowest BCUT2D eigenvalue weighted by atomic mass is 10.2. The van der Waals surface area contributed by atoms with Gasteiger partial charge in [-0.15, -0.1) is 0 Å². The number of aromatic nitrogens is 11. The molecular formula is C48H60BrF6N13O6. The van der Waals surface area contributed by atoms with Gasteiger partial charge in [-0.25, -0.2) is 41.7 Å². The highest BCUT2D eigenvalue weighted by Gasteiger charge is 2.13. The third-order valence-electron chi connectivity index (χ3n) is 8.83. The first-order valence-corrected chi connectivity index (χ1v) is 23.8. The highest BCUT2D eigenvalue weighted by Crippen LogP contribution is 2.13. The van der Waals surface area contributed by atoms with Gasteiger partial charge in [-0.3, -0.25) is 33.3 Å². The van der Waals surface area contributed by atoms with Gasteiger partial charge in [-0.1, -0.05) is 108 Å². The summed E-state index contributed by atoms with van der Waals surface area (Å²) in [6.07, 6.45) is 6.45. The molecule has 402 valence electrons. The Morgan fingerprint density at radius 3 is 1.55 bits per heavy atom. The summed E-state index contributed by atoms with van der Waals surface area (Å²) in [6, 6.07) is 12.7. The number of benzene rings is 2. The molecule has 0 aliphatic heterocycles. The SMILES string of the molecule is CC(C)CBr.CC(C)Cn1cc(F)c(-n2cncn2)nc1=O.CC(C)Cn1cc(F)c(=O)[nH]c1=O.CC(C)Cn1cc(F)c(NCc2ccccc2F)nc1=O.NCc1ccccc1F.O=c1[nH]cc(F)c(=O)[nH]1. The van der Waals surface area contributed by atoms with Gasteiger partial charge in [-0.2, -0.15) is 28.5 Å². The fourth-order valence-electron chi connectivity index (χ4n) is 5.46. The topological polar surface area (TPSA) is 259 Å². The number of hydrogen-bond donors (Lipinski definition) is 5.